The maximum atomic E-state index is 12.9. The minimum Gasteiger partial charge on any atom is -0.497 e. The molecule has 144 valence electrons. The van der Waals surface area contributed by atoms with Gasteiger partial charge < -0.3 is 15.0 Å². The first kappa shape index (κ1) is 17.9. The monoisotopic (exact) mass is 379 g/mol. The standard InChI is InChI=1S/C19H21N7O2/c1-28-14-7-5-13(6-8-14)22-19(27)26-11-3-2-4-16(26)18-23-17(24-25-18)15-12-20-9-10-21-15/h5-10,12,16H,2-4,11H2,1H3,(H,22,27)(H,23,24,25). The number of anilines is 1. The van der Waals surface area contributed by atoms with Gasteiger partial charge in [0.2, 0.25) is 5.82 Å². The predicted molar refractivity (Wildman–Crippen MR) is 103 cm³/mol. The molecule has 1 atom stereocenters. The summed E-state index contributed by atoms with van der Waals surface area (Å²) in [6, 6.07) is 6.93. The number of aromatic nitrogens is 5. The van der Waals surface area contributed by atoms with Gasteiger partial charge in [-0.15, -0.1) is 0 Å². The smallest absolute Gasteiger partial charge is 0.322 e. The first-order valence-electron chi connectivity index (χ1n) is 9.15. The van der Waals surface area contributed by atoms with E-state index >= 15 is 0 Å². The zero-order chi connectivity index (χ0) is 19.3. The van der Waals surface area contributed by atoms with Gasteiger partial charge in [0, 0.05) is 24.6 Å². The predicted octanol–water partition coefficient (Wildman–Crippen LogP) is 3.03. The van der Waals surface area contributed by atoms with Gasteiger partial charge in [0.15, 0.2) is 0 Å². The van der Waals surface area contributed by atoms with Crippen LogP contribution < -0.4 is 10.1 Å². The van der Waals surface area contributed by atoms with E-state index in [-0.39, 0.29) is 12.1 Å². The topological polar surface area (TPSA) is 109 Å². The molecule has 1 aliphatic heterocycles. The molecule has 3 heterocycles. The van der Waals surface area contributed by atoms with Gasteiger partial charge >= 0.3 is 6.03 Å². The van der Waals surface area contributed by atoms with Crippen LogP contribution >= 0.6 is 0 Å². The number of ether oxygens (including phenoxy) is 1. The second-order valence-electron chi connectivity index (χ2n) is 6.50. The van der Waals surface area contributed by atoms with E-state index in [2.05, 4.69) is 30.5 Å². The highest BCUT2D eigenvalue weighted by Crippen LogP contribution is 2.30. The molecule has 1 unspecified atom stereocenters. The Morgan fingerprint density at radius 1 is 1.25 bits per heavy atom. The van der Waals surface area contributed by atoms with Crippen molar-refractivity contribution in [3.63, 3.8) is 0 Å². The van der Waals surface area contributed by atoms with Crippen LogP contribution in [0, 0.1) is 0 Å². The summed E-state index contributed by atoms with van der Waals surface area (Å²) in [5.74, 6) is 1.88. The third-order valence-corrected chi connectivity index (χ3v) is 4.72. The lowest BCUT2D eigenvalue weighted by molar-refractivity contribution is 0.159. The van der Waals surface area contributed by atoms with Crippen LogP contribution in [0.25, 0.3) is 11.5 Å². The zero-order valence-corrected chi connectivity index (χ0v) is 15.5. The van der Waals surface area contributed by atoms with Gasteiger partial charge in [0.25, 0.3) is 0 Å². The van der Waals surface area contributed by atoms with Crippen molar-refractivity contribution in [3.05, 3.63) is 48.7 Å². The number of amides is 2. The summed E-state index contributed by atoms with van der Waals surface area (Å²) in [5, 5.41) is 10.2. The van der Waals surface area contributed by atoms with E-state index in [9.17, 15) is 4.79 Å². The van der Waals surface area contributed by atoms with Crippen LogP contribution in [0.2, 0.25) is 0 Å². The normalized spacial score (nSPS) is 16.6. The molecule has 28 heavy (non-hydrogen) atoms. The number of methoxy groups -OCH3 is 1. The van der Waals surface area contributed by atoms with Gasteiger partial charge in [0.1, 0.15) is 17.3 Å². The van der Waals surface area contributed by atoms with Crippen molar-refractivity contribution in [3.8, 4) is 17.3 Å². The Labute approximate surface area is 162 Å². The molecule has 2 N–H and O–H groups in total. The Hall–Kier alpha value is -3.49. The number of piperidine rings is 1. The van der Waals surface area contributed by atoms with Crippen molar-refractivity contribution < 1.29 is 9.53 Å². The minimum atomic E-state index is -0.162. The summed E-state index contributed by atoms with van der Waals surface area (Å²) in [7, 11) is 1.61. The third-order valence-electron chi connectivity index (χ3n) is 4.72. The third kappa shape index (κ3) is 3.78. The number of carbonyl (C=O) groups excluding carboxylic acids is 1. The molecule has 1 fully saturated rings. The zero-order valence-electron chi connectivity index (χ0n) is 15.5. The highest BCUT2D eigenvalue weighted by Gasteiger charge is 2.30. The molecule has 0 aliphatic carbocycles. The quantitative estimate of drug-likeness (QED) is 0.721. The number of likely N-dealkylation sites (tertiary alicyclic amines) is 1. The fourth-order valence-electron chi connectivity index (χ4n) is 3.28. The minimum absolute atomic E-state index is 0.160. The summed E-state index contributed by atoms with van der Waals surface area (Å²) in [6.45, 7) is 0.661. The fraction of sp³-hybridized carbons (Fsp3) is 0.316. The average molecular weight is 379 g/mol. The number of nitrogens with zero attached hydrogens (tertiary/aromatic N) is 5. The SMILES string of the molecule is COc1ccc(NC(=O)N2CCCCC2c2nc(-c3cnccn3)n[nH]2)cc1. The lowest BCUT2D eigenvalue weighted by Crippen LogP contribution is -2.41. The van der Waals surface area contributed by atoms with E-state index in [0.717, 1.165) is 25.0 Å². The highest BCUT2D eigenvalue weighted by molar-refractivity contribution is 5.89. The lowest BCUT2D eigenvalue weighted by atomic mass is 10.0. The van der Waals surface area contributed by atoms with Crippen molar-refractivity contribution >= 4 is 11.7 Å². The van der Waals surface area contributed by atoms with Crippen LogP contribution in [-0.4, -0.2) is 49.7 Å². The Morgan fingerprint density at radius 2 is 2.11 bits per heavy atom. The Bertz CT molecular complexity index is 927. The van der Waals surface area contributed by atoms with Crippen molar-refractivity contribution in [1.82, 2.24) is 30.0 Å². The molecule has 0 bridgehead atoms. The summed E-state index contributed by atoms with van der Waals surface area (Å²) >= 11 is 0. The lowest BCUT2D eigenvalue weighted by Gasteiger charge is -2.34. The molecule has 9 nitrogen and oxygen atoms in total. The molecule has 0 spiro atoms. The van der Waals surface area contributed by atoms with Gasteiger partial charge in [-0.25, -0.2) is 14.8 Å². The van der Waals surface area contributed by atoms with Crippen molar-refractivity contribution in [2.75, 3.05) is 19.0 Å². The van der Waals surface area contributed by atoms with Crippen molar-refractivity contribution in [2.24, 2.45) is 0 Å². The van der Waals surface area contributed by atoms with Crippen molar-refractivity contribution in [1.29, 1.82) is 0 Å². The summed E-state index contributed by atoms with van der Waals surface area (Å²) in [4.78, 5) is 27.5. The van der Waals surface area contributed by atoms with Crippen LogP contribution in [0.3, 0.4) is 0 Å². The molecule has 3 aromatic rings. The molecule has 2 aromatic heterocycles. The van der Waals surface area contributed by atoms with E-state index in [4.69, 9.17) is 4.74 Å². The number of rotatable bonds is 4. The number of hydrogen-bond acceptors (Lipinski definition) is 6. The van der Waals surface area contributed by atoms with E-state index < -0.39 is 0 Å². The number of benzene rings is 1. The first-order chi connectivity index (χ1) is 13.7. The number of hydrogen-bond donors (Lipinski definition) is 2. The van der Waals surface area contributed by atoms with Gasteiger partial charge in [-0.1, -0.05) is 0 Å². The second kappa shape index (κ2) is 8.03. The molecule has 1 saturated heterocycles. The van der Waals surface area contributed by atoms with Crippen LogP contribution in [-0.2, 0) is 0 Å². The largest absolute Gasteiger partial charge is 0.497 e. The molecule has 0 saturated carbocycles. The second-order valence-corrected chi connectivity index (χ2v) is 6.50. The van der Waals surface area contributed by atoms with Gasteiger partial charge in [-0.3, -0.25) is 10.1 Å². The molecule has 1 aliphatic rings. The highest BCUT2D eigenvalue weighted by atomic mass is 16.5. The molecular formula is C19H21N7O2. The summed E-state index contributed by atoms with van der Waals surface area (Å²) in [6.07, 6.45) is 7.62. The molecule has 1 aromatic carbocycles. The first-order valence-corrected chi connectivity index (χ1v) is 9.15. The Morgan fingerprint density at radius 3 is 2.86 bits per heavy atom. The molecular weight excluding hydrogens is 358 g/mol. The fourth-order valence-corrected chi connectivity index (χ4v) is 3.28. The molecule has 2 amide bonds. The number of H-pyrrole nitrogens is 1. The van der Waals surface area contributed by atoms with Crippen LogP contribution in [0.4, 0.5) is 10.5 Å². The number of urea groups is 1. The maximum absolute atomic E-state index is 12.9. The number of nitrogens with one attached hydrogen (secondary N) is 2. The van der Waals surface area contributed by atoms with Crippen LogP contribution in [0.5, 0.6) is 5.75 Å². The Kier molecular flexibility index (Phi) is 5.14. The van der Waals surface area contributed by atoms with Gasteiger partial charge in [0.05, 0.1) is 19.3 Å². The van der Waals surface area contributed by atoms with Crippen LogP contribution in [0.15, 0.2) is 42.9 Å². The maximum Gasteiger partial charge on any atom is 0.322 e. The average Bonchev–Trinajstić information content (AvgIpc) is 3.25. The summed E-state index contributed by atoms with van der Waals surface area (Å²) in [5.41, 5.74) is 1.31. The molecule has 0 radical (unpaired) electrons. The van der Waals surface area contributed by atoms with E-state index in [1.807, 2.05) is 24.3 Å². The van der Waals surface area contributed by atoms with Crippen molar-refractivity contribution in [2.45, 2.75) is 25.3 Å². The Balaban J connectivity index is 1.51. The number of aromatic amines is 1. The summed E-state index contributed by atoms with van der Waals surface area (Å²) < 4.78 is 5.15. The molecule has 9 heteroatoms. The van der Waals surface area contributed by atoms with Crippen LogP contribution in [0.1, 0.15) is 31.1 Å². The van der Waals surface area contributed by atoms with Gasteiger partial charge in [-0.2, -0.15) is 5.10 Å². The molecule has 4 rings (SSSR count). The van der Waals surface area contributed by atoms with Gasteiger partial charge in [-0.05, 0) is 43.5 Å². The van der Waals surface area contributed by atoms with E-state index in [0.29, 0.717) is 29.6 Å². The van der Waals surface area contributed by atoms with E-state index in [1.165, 1.54) is 0 Å². The van der Waals surface area contributed by atoms with E-state index in [1.54, 1.807) is 30.6 Å². The number of carbonyl (C=O) groups is 1.